The van der Waals surface area contributed by atoms with Crippen molar-refractivity contribution in [3.63, 3.8) is 0 Å². The van der Waals surface area contributed by atoms with Gasteiger partial charge in [0.25, 0.3) is 5.91 Å². The summed E-state index contributed by atoms with van der Waals surface area (Å²) in [6, 6.07) is 6.38. The molecule has 1 saturated heterocycles. The Morgan fingerprint density at radius 3 is 2.62 bits per heavy atom. The average Bonchev–Trinajstić information content (AvgIpc) is 3.36. The van der Waals surface area contributed by atoms with Crippen molar-refractivity contribution in [2.45, 2.75) is 36.6 Å². The van der Waals surface area contributed by atoms with E-state index in [-0.39, 0.29) is 10.5 Å². The van der Waals surface area contributed by atoms with E-state index in [0.717, 1.165) is 12.3 Å². The molecule has 1 amide bonds. The highest BCUT2D eigenvalue weighted by atomic mass is 32.2. The van der Waals surface area contributed by atoms with Crippen LogP contribution in [-0.4, -0.2) is 56.1 Å². The molecule has 3 fully saturated rings. The monoisotopic (exact) mass is 438 g/mol. The Bertz CT molecular complexity index is 886. The molecule has 8 nitrogen and oxygen atoms in total. The lowest BCUT2D eigenvalue weighted by atomic mass is 9.96. The van der Waals surface area contributed by atoms with E-state index >= 15 is 0 Å². The molecule has 2 saturated carbocycles. The van der Waals surface area contributed by atoms with Crippen LogP contribution >= 0.6 is 12.2 Å². The molecule has 0 spiro atoms. The first-order chi connectivity index (χ1) is 13.9. The number of hydrogen-bond donors (Lipinski definition) is 3. The molecule has 3 N–H and O–H groups in total. The van der Waals surface area contributed by atoms with Gasteiger partial charge in [-0.25, -0.2) is 8.42 Å². The Kier molecular flexibility index (Phi) is 6.05. The third kappa shape index (κ3) is 4.55. The van der Waals surface area contributed by atoms with E-state index in [2.05, 4.69) is 16.2 Å². The van der Waals surface area contributed by atoms with Gasteiger partial charge in [-0.15, -0.1) is 0 Å². The second-order valence-electron chi connectivity index (χ2n) is 7.88. The Labute approximate surface area is 176 Å². The molecule has 0 radical (unpaired) electrons. The standard InChI is InChI=1S/C19H26N4O4S2/c24-18(21-22-19(28)20-17-11-13-4-5-14(17)10-13)15-2-1-3-16(12-15)29(25,26)23-6-8-27-9-7-23/h1-3,12-14,17H,4-11H2,(H,21,24)(H2,20,22,28)/t13-,14-,17-/m1/s1. The van der Waals surface area contributed by atoms with Crippen LogP contribution in [0, 0.1) is 11.8 Å². The molecule has 0 unspecified atom stereocenters. The number of thiocarbonyl (C=S) groups is 1. The lowest BCUT2D eigenvalue weighted by Crippen LogP contribution is -2.50. The maximum atomic E-state index is 12.8. The molecule has 4 rings (SSSR count). The van der Waals surface area contributed by atoms with E-state index in [0.29, 0.717) is 43.4 Å². The van der Waals surface area contributed by atoms with Crippen molar-refractivity contribution in [2.75, 3.05) is 26.3 Å². The van der Waals surface area contributed by atoms with Crippen LogP contribution in [-0.2, 0) is 14.8 Å². The quantitative estimate of drug-likeness (QED) is 0.476. The summed E-state index contributed by atoms with van der Waals surface area (Å²) >= 11 is 5.29. The van der Waals surface area contributed by atoms with Gasteiger partial charge in [-0.3, -0.25) is 15.6 Å². The third-order valence-corrected chi connectivity index (χ3v) is 8.16. The number of carbonyl (C=O) groups is 1. The number of hydrazine groups is 1. The zero-order chi connectivity index (χ0) is 20.4. The van der Waals surface area contributed by atoms with E-state index in [4.69, 9.17) is 17.0 Å². The summed E-state index contributed by atoms with van der Waals surface area (Å²) in [5.74, 6) is 1.02. The number of fused-ring (bicyclic) bond motifs is 2. The number of rotatable bonds is 4. The predicted molar refractivity (Wildman–Crippen MR) is 112 cm³/mol. The molecular weight excluding hydrogens is 412 g/mol. The van der Waals surface area contributed by atoms with Crippen molar-refractivity contribution in [2.24, 2.45) is 11.8 Å². The first-order valence-electron chi connectivity index (χ1n) is 9.98. The normalized spacial score (nSPS) is 26.8. The van der Waals surface area contributed by atoms with Gasteiger partial charge < -0.3 is 10.1 Å². The lowest BCUT2D eigenvalue weighted by molar-refractivity contribution is 0.0730. The summed E-state index contributed by atoms with van der Waals surface area (Å²) in [7, 11) is -3.66. The zero-order valence-corrected chi connectivity index (χ0v) is 17.7. The van der Waals surface area contributed by atoms with Crippen LogP contribution in [0.15, 0.2) is 29.2 Å². The lowest BCUT2D eigenvalue weighted by Gasteiger charge is -2.26. The largest absolute Gasteiger partial charge is 0.379 e. The van der Waals surface area contributed by atoms with Gasteiger partial charge in [0.15, 0.2) is 5.11 Å². The number of nitrogens with one attached hydrogen (secondary N) is 3. The molecule has 0 aromatic heterocycles. The van der Waals surface area contributed by atoms with Crippen molar-refractivity contribution in [3.8, 4) is 0 Å². The van der Waals surface area contributed by atoms with Crippen molar-refractivity contribution in [1.29, 1.82) is 0 Å². The van der Waals surface area contributed by atoms with Gasteiger partial charge in [0.05, 0.1) is 18.1 Å². The van der Waals surface area contributed by atoms with E-state index in [9.17, 15) is 13.2 Å². The molecule has 3 aliphatic rings. The maximum absolute atomic E-state index is 12.8. The third-order valence-electron chi connectivity index (χ3n) is 6.05. The molecule has 1 heterocycles. The van der Waals surface area contributed by atoms with Crippen LogP contribution in [0.3, 0.4) is 0 Å². The first-order valence-corrected chi connectivity index (χ1v) is 11.8. The van der Waals surface area contributed by atoms with Crippen LogP contribution in [0.4, 0.5) is 0 Å². The topological polar surface area (TPSA) is 99.8 Å². The van der Waals surface area contributed by atoms with Crippen LogP contribution in [0.2, 0.25) is 0 Å². The Morgan fingerprint density at radius 2 is 1.93 bits per heavy atom. The second-order valence-corrected chi connectivity index (χ2v) is 10.2. The van der Waals surface area contributed by atoms with Gasteiger partial charge in [-0.1, -0.05) is 12.5 Å². The van der Waals surface area contributed by atoms with Gasteiger partial charge in [-0.05, 0) is 61.5 Å². The number of hydrogen-bond acceptors (Lipinski definition) is 5. The SMILES string of the molecule is O=C(NNC(=S)N[C@@H]1C[C@@H]2CC[C@@H]1C2)c1cccc(S(=O)(=O)N2CCOCC2)c1. The minimum atomic E-state index is -3.66. The van der Waals surface area contributed by atoms with Crippen molar-refractivity contribution >= 4 is 33.3 Å². The first kappa shape index (κ1) is 20.5. The van der Waals surface area contributed by atoms with E-state index in [1.54, 1.807) is 12.1 Å². The van der Waals surface area contributed by atoms with Crippen LogP contribution < -0.4 is 16.2 Å². The number of amides is 1. The van der Waals surface area contributed by atoms with E-state index < -0.39 is 15.9 Å². The van der Waals surface area contributed by atoms with Crippen molar-refractivity contribution < 1.29 is 17.9 Å². The number of nitrogens with zero attached hydrogens (tertiary/aromatic N) is 1. The fraction of sp³-hybridized carbons (Fsp3) is 0.579. The fourth-order valence-corrected chi connectivity index (χ4v) is 6.20. The van der Waals surface area contributed by atoms with Crippen molar-refractivity contribution in [1.82, 2.24) is 20.5 Å². The van der Waals surface area contributed by atoms with Crippen LogP contribution in [0.25, 0.3) is 0 Å². The summed E-state index contributed by atoms with van der Waals surface area (Å²) in [6.07, 6.45) is 4.93. The number of carbonyl (C=O) groups excluding carboxylic acids is 1. The number of morpholine rings is 1. The maximum Gasteiger partial charge on any atom is 0.269 e. The van der Waals surface area contributed by atoms with Gasteiger partial charge in [0.2, 0.25) is 10.0 Å². The Hall–Kier alpha value is -1.75. The van der Waals surface area contributed by atoms with Crippen LogP contribution in [0.5, 0.6) is 0 Å². The van der Waals surface area contributed by atoms with E-state index in [1.807, 2.05) is 0 Å². The molecule has 1 aromatic rings. The molecule has 1 aliphatic heterocycles. The Balaban J connectivity index is 1.34. The predicted octanol–water partition coefficient (Wildman–Crippen LogP) is 1.00. The summed E-state index contributed by atoms with van der Waals surface area (Å²) in [4.78, 5) is 12.6. The average molecular weight is 439 g/mol. The second kappa shape index (κ2) is 8.55. The van der Waals surface area contributed by atoms with Gasteiger partial charge in [0, 0.05) is 24.7 Å². The molecule has 10 heteroatoms. The summed E-state index contributed by atoms with van der Waals surface area (Å²) in [5.41, 5.74) is 5.53. The highest BCUT2D eigenvalue weighted by Crippen LogP contribution is 2.44. The molecule has 2 bridgehead atoms. The smallest absolute Gasteiger partial charge is 0.269 e. The fourth-order valence-electron chi connectivity index (χ4n) is 4.55. The molecular formula is C19H26N4O4S2. The molecule has 2 aliphatic carbocycles. The van der Waals surface area contributed by atoms with Gasteiger partial charge in [0.1, 0.15) is 0 Å². The zero-order valence-electron chi connectivity index (χ0n) is 16.1. The highest BCUT2D eigenvalue weighted by molar-refractivity contribution is 7.89. The van der Waals surface area contributed by atoms with Crippen molar-refractivity contribution in [3.05, 3.63) is 29.8 Å². The number of sulfonamides is 1. The highest BCUT2D eigenvalue weighted by Gasteiger charge is 2.39. The summed E-state index contributed by atoms with van der Waals surface area (Å²) in [5, 5.41) is 3.67. The minimum absolute atomic E-state index is 0.0923. The molecule has 1 aromatic carbocycles. The Morgan fingerprint density at radius 1 is 1.14 bits per heavy atom. The molecule has 158 valence electrons. The number of benzene rings is 1. The molecule has 3 atom stereocenters. The van der Waals surface area contributed by atoms with E-state index in [1.165, 1.54) is 35.7 Å². The summed E-state index contributed by atoms with van der Waals surface area (Å²) in [6.45, 7) is 1.36. The summed E-state index contributed by atoms with van der Waals surface area (Å²) < 4.78 is 32.1. The minimum Gasteiger partial charge on any atom is -0.379 e. The number of ether oxygens (including phenoxy) is 1. The van der Waals surface area contributed by atoms with Gasteiger partial charge in [-0.2, -0.15) is 4.31 Å². The van der Waals surface area contributed by atoms with Gasteiger partial charge >= 0.3 is 0 Å². The molecule has 29 heavy (non-hydrogen) atoms. The van der Waals surface area contributed by atoms with Crippen LogP contribution in [0.1, 0.15) is 36.0 Å².